The normalized spacial score (nSPS) is 31.9. The fourth-order valence-electron chi connectivity index (χ4n) is 11.1. The lowest BCUT2D eigenvalue weighted by atomic mass is 9.44. The van der Waals surface area contributed by atoms with Gasteiger partial charge in [0.2, 0.25) is 5.52 Å². The highest BCUT2D eigenvalue weighted by atomic mass is 16.6. The molecule has 1 aromatic heterocycles. The first kappa shape index (κ1) is 37.3. The number of nitro benzene ring substituents is 1. The summed E-state index contributed by atoms with van der Waals surface area (Å²) in [7, 11) is 0. The van der Waals surface area contributed by atoms with E-state index in [0.29, 0.717) is 48.3 Å². The molecule has 2 unspecified atom stereocenters. The Hall–Kier alpha value is -4.46. The van der Waals surface area contributed by atoms with Gasteiger partial charge in [-0.1, -0.05) is 25.9 Å². The van der Waals surface area contributed by atoms with Crippen LogP contribution in [0.1, 0.15) is 97.8 Å². The van der Waals surface area contributed by atoms with E-state index in [1.165, 1.54) is 37.8 Å². The average Bonchev–Trinajstić information content (AvgIpc) is 3.74. The van der Waals surface area contributed by atoms with Gasteiger partial charge < -0.3 is 19.9 Å². The van der Waals surface area contributed by atoms with Crippen LogP contribution in [0.25, 0.3) is 21.5 Å². The number of fused-ring (bicyclic) bond motifs is 6. The van der Waals surface area contributed by atoms with Crippen LogP contribution in [0.4, 0.5) is 11.4 Å². The van der Waals surface area contributed by atoms with E-state index < -0.39 is 29.3 Å². The molecule has 0 amide bonds. The lowest BCUT2D eigenvalue weighted by Gasteiger charge is -2.61. The van der Waals surface area contributed by atoms with Gasteiger partial charge in [-0.2, -0.15) is 0 Å². The van der Waals surface area contributed by atoms with Gasteiger partial charge in [-0.3, -0.25) is 19.7 Å². The van der Waals surface area contributed by atoms with E-state index >= 15 is 0 Å². The van der Waals surface area contributed by atoms with Crippen LogP contribution >= 0.6 is 0 Å². The summed E-state index contributed by atoms with van der Waals surface area (Å²) < 4.78 is 16.0. The molecule has 6 rings (SSSR count). The van der Waals surface area contributed by atoms with Crippen molar-refractivity contribution in [2.24, 2.45) is 51.5 Å². The number of carbonyl (C=O) groups excluding carboxylic acids is 2. The zero-order valence-electron chi connectivity index (χ0n) is 30.1. The van der Waals surface area contributed by atoms with Crippen molar-refractivity contribution < 1.29 is 38.5 Å². The Balaban J connectivity index is 1.06. The van der Waals surface area contributed by atoms with Gasteiger partial charge >= 0.3 is 23.6 Å². The topological polar surface area (TPSA) is 233 Å². The Morgan fingerprint density at radius 1 is 1.12 bits per heavy atom. The van der Waals surface area contributed by atoms with Crippen molar-refractivity contribution in [1.82, 2.24) is 10.3 Å². The number of carbonyl (C=O) groups is 3. The summed E-state index contributed by atoms with van der Waals surface area (Å²) in [6, 6.07) is 1.31. The smallest absolute Gasteiger partial charge is 0.329 e. The second-order valence-electron chi connectivity index (χ2n) is 16.1. The highest BCUT2D eigenvalue weighted by Crippen LogP contribution is 2.68. The molecule has 0 bridgehead atoms. The second-order valence-corrected chi connectivity index (χ2v) is 16.1. The molecule has 4 fully saturated rings. The molecule has 0 radical (unpaired) electrons. The number of anilines is 1. The first-order chi connectivity index (χ1) is 24.9. The molecule has 1 heterocycles. The van der Waals surface area contributed by atoms with E-state index in [2.05, 4.69) is 46.4 Å². The molecule has 0 aliphatic heterocycles. The highest BCUT2D eigenvalue weighted by Gasteiger charge is 2.60. The predicted octanol–water partition coefficient (Wildman–Crippen LogP) is 7.23. The molecule has 52 heavy (non-hydrogen) atoms. The molecular weight excluding hydrogens is 674 g/mol. The van der Waals surface area contributed by atoms with E-state index in [1.54, 1.807) is 0 Å². The van der Waals surface area contributed by atoms with Crippen LogP contribution < -0.4 is 5.32 Å². The molecule has 16 nitrogen and oxygen atoms in total. The zero-order valence-corrected chi connectivity index (χ0v) is 30.1. The number of nitro groups is 1. The van der Waals surface area contributed by atoms with Crippen LogP contribution in [0.3, 0.4) is 0 Å². The third-order valence-corrected chi connectivity index (χ3v) is 13.6. The fraction of sp³-hybridized carbons (Fsp3) is 0.750. The van der Waals surface area contributed by atoms with E-state index in [0.717, 1.165) is 32.1 Å². The van der Waals surface area contributed by atoms with Crippen LogP contribution in [0, 0.1) is 56.5 Å². The number of ether oxygens (including phenoxy) is 2. The quantitative estimate of drug-likeness (QED) is 0.0374. The highest BCUT2D eigenvalue weighted by molar-refractivity contribution is 5.95. The third-order valence-electron chi connectivity index (χ3n) is 13.6. The maximum absolute atomic E-state index is 13.5. The number of esters is 2. The van der Waals surface area contributed by atoms with Gasteiger partial charge in [0.1, 0.15) is 12.1 Å². The van der Waals surface area contributed by atoms with Crippen LogP contribution in [-0.2, 0) is 23.9 Å². The van der Waals surface area contributed by atoms with Crippen LogP contribution in [0.5, 0.6) is 0 Å². The second kappa shape index (κ2) is 15.3. The maximum atomic E-state index is 13.5. The SMILES string of the molecule is CC(CCC(=O)OCCN=[N+]=[N-])C1CC[C@H]2[C@@H]3CC[C@@H]4C[C@H](OC(=O)[C@H](CC(=O)O)Nc5ccc([N+](=O)[O-])c6nonc56)CC[C@]4(C)[C@H]3CC[C@]12C. The number of nitrogens with one attached hydrogen (secondary N) is 1. The minimum Gasteiger partial charge on any atom is -0.481 e. The Kier molecular flexibility index (Phi) is 10.9. The molecule has 1 aromatic carbocycles. The summed E-state index contributed by atoms with van der Waals surface area (Å²) in [5, 5.41) is 34.7. The molecule has 4 saturated carbocycles. The minimum absolute atomic E-state index is 0.0225. The lowest BCUT2D eigenvalue weighted by molar-refractivity contribution is -0.383. The fourth-order valence-corrected chi connectivity index (χ4v) is 11.1. The first-order valence-electron chi connectivity index (χ1n) is 18.6. The molecule has 0 spiro atoms. The number of carboxylic acids is 1. The van der Waals surface area contributed by atoms with Crippen molar-refractivity contribution in [3.05, 3.63) is 32.7 Å². The molecule has 2 N–H and O–H groups in total. The van der Waals surface area contributed by atoms with Crippen molar-refractivity contribution in [2.45, 2.75) is 110 Å². The molecule has 4 aliphatic rings. The number of benzene rings is 1. The monoisotopic (exact) mass is 723 g/mol. The first-order valence-corrected chi connectivity index (χ1v) is 18.6. The van der Waals surface area contributed by atoms with Gasteiger partial charge in [0.05, 0.1) is 30.2 Å². The molecule has 2 aromatic rings. The van der Waals surface area contributed by atoms with Crippen molar-refractivity contribution in [3.8, 4) is 0 Å². The van der Waals surface area contributed by atoms with Gasteiger partial charge in [-0.25, -0.2) is 9.42 Å². The van der Waals surface area contributed by atoms with Crippen LogP contribution in [-0.4, -0.2) is 63.5 Å². The Bertz CT molecular complexity index is 1730. The van der Waals surface area contributed by atoms with Crippen molar-refractivity contribution in [2.75, 3.05) is 18.5 Å². The number of aromatic nitrogens is 2. The van der Waals surface area contributed by atoms with Gasteiger partial charge in [-0.15, -0.1) is 0 Å². The van der Waals surface area contributed by atoms with Gasteiger partial charge in [0, 0.05) is 17.4 Å². The number of non-ortho nitro benzene ring substituents is 1. The van der Waals surface area contributed by atoms with Gasteiger partial charge in [-0.05, 0) is 132 Å². The molecule has 16 heteroatoms. The number of nitrogens with zero attached hydrogens (tertiary/aromatic N) is 6. The Morgan fingerprint density at radius 2 is 1.87 bits per heavy atom. The molecule has 4 aliphatic carbocycles. The van der Waals surface area contributed by atoms with Crippen molar-refractivity contribution in [3.63, 3.8) is 0 Å². The standard InChI is InChI=1S/C36H49N7O9/c1-20(4-11-31(46)50-17-16-38-42-37)24-7-8-25-23-6-5-21-18-22(12-14-35(21,2)26(23)13-15-36(24,25)3)51-34(47)28(19-30(44)45)39-27-9-10-29(43(48)49)33-32(27)40-52-41-33/h9-10,20-26,28,39H,4-8,11-19H2,1-3H3,(H,44,45)/t20?,21-,22-,23+,24?,25+,26+,28+,35+,36-/m1/s1. The molecular formula is C36H49N7O9. The summed E-state index contributed by atoms with van der Waals surface area (Å²) in [4.78, 5) is 51.1. The summed E-state index contributed by atoms with van der Waals surface area (Å²) in [6.07, 6.45) is 9.62. The number of rotatable bonds is 14. The van der Waals surface area contributed by atoms with Crippen molar-refractivity contribution >= 4 is 40.3 Å². The molecule has 10 atom stereocenters. The Labute approximate surface area is 301 Å². The zero-order chi connectivity index (χ0) is 37.2. The predicted molar refractivity (Wildman–Crippen MR) is 187 cm³/mol. The summed E-state index contributed by atoms with van der Waals surface area (Å²) >= 11 is 0. The number of hydrogen-bond acceptors (Lipinski definition) is 12. The largest absolute Gasteiger partial charge is 0.481 e. The maximum Gasteiger partial charge on any atom is 0.329 e. The summed E-state index contributed by atoms with van der Waals surface area (Å²) in [5.74, 6) is 1.14. The average molecular weight is 724 g/mol. The van der Waals surface area contributed by atoms with E-state index in [9.17, 15) is 29.6 Å². The van der Waals surface area contributed by atoms with Crippen LogP contribution in [0.15, 0.2) is 21.9 Å². The number of aliphatic carboxylic acids is 1. The third kappa shape index (κ3) is 7.26. The van der Waals surface area contributed by atoms with E-state index in [1.807, 2.05) is 0 Å². The van der Waals surface area contributed by atoms with Crippen molar-refractivity contribution in [1.29, 1.82) is 0 Å². The number of hydrogen-bond donors (Lipinski definition) is 2. The van der Waals surface area contributed by atoms with E-state index in [-0.39, 0.29) is 58.5 Å². The molecule has 0 saturated heterocycles. The summed E-state index contributed by atoms with van der Waals surface area (Å²) in [6.45, 7) is 7.49. The lowest BCUT2D eigenvalue weighted by Crippen LogP contribution is -2.54. The van der Waals surface area contributed by atoms with Gasteiger partial charge in [0.25, 0.3) is 0 Å². The molecule has 282 valence electrons. The number of carboxylic acid groups (broad SMARTS) is 1. The van der Waals surface area contributed by atoms with Crippen LogP contribution in [0.2, 0.25) is 0 Å². The van der Waals surface area contributed by atoms with E-state index in [4.69, 9.17) is 19.6 Å². The number of azide groups is 1. The summed E-state index contributed by atoms with van der Waals surface area (Å²) in [5.41, 5.74) is 8.57. The van der Waals surface area contributed by atoms with Gasteiger partial charge in [0.15, 0.2) is 5.52 Å². The minimum atomic E-state index is -1.24. The Morgan fingerprint density at radius 3 is 2.62 bits per heavy atom.